The van der Waals surface area contributed by atoms with Gasteiger partial charge in [-0.05, 0) is 18.2 Å². The minimum absolute atomic E-state index is 0.0810. The zero-order chi connectivity index (χ0) is 19.9. The molecule has 1 saturated heterocycles. The number of β-amino-alcohol motifs (C(OH)–C–C–N with tert-alkyl or cyclic N) is 1. The van der Waals surface area contributed by atoms with Crippen molar-refractivity contribution in [2.45, 2.75) is 12.7 Å². The first-order valence-electron chi connectivity index (χ1n) is 9.30. The maximum Gasteiger partial charge on any atom is 0.256 e. The third-order valence-corrected chi connectivity index (χ3v) is 4.76. The van der Waals surface area contributed by atoms with Gasteiger partial charge in [0.25, 0.3) is 5.91 Å². The summed E-state index contributed by atoms with van der Waals surface area (Å²) in [6.45, 7) is 2.72. The quantitative estimate of drug-likeness (QED) is 0.788. The average Bonchev–Trinajstić information content (AvgIpc) is 2.70. The van der Waals surface area contributed by atoms with Gasteiger partial charge in [-0.15, -0.1) is 0 Å². The van der Waals surface area contributed by atoms with E-state index in [0.29, 0.717) is 38.3 Å². The van der Waals surface area contributed by atoms with Crippen molar-refractivity contribution in [2.75, 3.05) is 39.3 Å². The third-order valence-electron chi connectivity index (χ3n) is 4.76. The molecule has 7 heteroatoms. The minimum Gasteiger partial charge on any atom is -0.389 e. The number of carbonyl (C=O) groups excluding carboxylic acids is 1. The lowest BCUT2D eigenvalue weighted by Crippen LogP contribution is -2.51. The molecular weight excluding hydrogens is 366 g/mol. The molecule has 1 heterocycles. The maximum atomic E-state index is 13.8. The normalized spacial score (nSPS) is 16.2. The number of piperazine rings is 1. The number of nitrogens with zero attached hydrogens (tertiary/aromatic N) is 2. The van der Waals surface area contributed by atoms with Crippen molar-refractivity contribution in [3.63, 3.8) is 0 Å². The van der Waals surface area contributed by atoms with Crippen LogP contribution in [0.4, 0.5) is 8.78 Å². The SMILES string of the molecule is O=C(c1ccccc1F)N1CCN(CC(O)COCc2ccccc2F)CC1. The van der Waals surface area contributed by atoms with E-state index in [1.807, 2.05) is 4.90 Å². The summed E-state index contributed by atoms with van der Waals surface area (Å²) in [6.07, 6.45) is -0.708. The number of carbonyl (C=O) groups is 1. The highest BCUT2D eigenvalue weighted by Crippen LogP contribution is 2.13. The van der Waals surface area contributed by atoms with Crippen LogP contribution in [0.1, 0.15) is 15.9 Å². The summed E-state index contributed by atoms with van der Waals surface area (Å²) in [5, 5.41) is 10.1. The molecule has 150 valence electrons. The second-order valence-electron chi connectivity index (χ2n) is 6.83. The highest BCUT2D eigenvalue weighted by atomic mass is 19.1. The van der Waals surface area contributed by atoms with E-state index in [4.69, 9.17) is 4.74 Å². The molecule has 0 radical (unpaired) electrons. The fraction of sp³-hybridized carbons (Fsp3) is 0.381. The first-order valence-corrected chi connectivity index (χ1v) is 9.30. The predicted molar refractivity (Wildman–Crippen MR) is 101 cm³/mol. The molecule has 1 unspecified atom stereocenters. The summed E-state index contributed by atoms with van der Waals surface area (Å²) in [5.41, 5.74) is 0.535. The van der Waals surface area contributed by atoms with Gasteiger partial charge in [0, 0.05) is 38.3 Å². The van der Waals surface area contributed by atoms with Crippen LogP contribution in [0.15, 0.2) is 48.5 Å². The molecule has 2 aromatic carbocycles. The fourth-order valence-corrected chi connectivity index (χ4v) is 3.21. The topological polar surface area (TPSA) is 53.0 Å². The largest absolute Gasteiger partial charge is 0.389 e. The number of ether oxygens (including phenoxy) is 1. The van der Waals surface area contributed by atoms with Gasteiger partial charge in [-0.2, -0.15) is 0 Å². The van der Waals surface area contributed by atoms with Gasteiger partial charge in [-0.1, -0.05) is 30.3 Å². The zero-order valence-corrected chi connectivity index (χ0v) is 15.6. The molecule has 0 saturated carbocycles. The summed E-state index contributed by atoms with van der Waals surface area (Å²) >= 11 is 0. The Bertz CT molecular complexity index is 795. The van der Waals surface area contributed by atoms with E-state index in [0.717, 1.165) is 0 Å². The van der Waals surface area contributed by atoms with E-state index in [1.165, 1.54) is 18.2 Å². The third kappa shape index (κ3) is 5.34. The summed E-state index contributed by atoms with van der Waals surface area (Å²) in [4.78, 5) is 16.1. The van der Waals surface area contributed by atoms with Crippen LogP contribution in [0.25, 0.3) is 0 Å². The Morgan fingerprint density at radius 3 is 2.32 bits per heavy atom. The molecule has 1 aliphatic heterocycles. The minimum atomic E-state index is -0.708. The van der Waals surface area contributed by atoms with Gasteiger partial charge in [0.1, 0.15) is 11.6 Å². The van der Waals surface area contributed by atoms with Crippen molar-refractivity contribution in [1.29, 1.82) is 0 Å². The molecule has 2 aromatic rings. The Balaban J connectivity index is 1.40. The average molecular weight is 390 g/mol. The Labute approximate surface area is 163 Å². The smallest absolute Gasteiger partial charge is 0.256 e. The Morgan fingerprint density at radius 2 is 1.64 bits per heavy atom. The molecule has 0 aliphatic carbocycles. The van der Waals surface area contributed by atoms with Gasteiger partial charge in [0.2, 0.25) is 0 Å². The molecule has 0 aromatic heterocycles. The van der Waals surface area contributed by atoms with Crippen molar-refractivity contribution in [3.05, 3.63) is 71.3 Å². The van der Waals surface area contributed by atoms with Crippen LogP contribution >= 0.6 is 0 Å². The van der Waals surface area contributed by atoms with E-state index in [2.05, 4.69) is 0 Å². The lowest BCUT2D eigenvalue weighted by molar-refractivity contribution is 0.00140. The molecule has 5 nitrogen and oxygen atoms in total. The molecule has 1 amide bonds. The van der Waals surface area contributed by atoms with Crippen LogP contribution in [-0.4, -0.2) is 66.2 Å². The van der Waals surface area contributed by atoms with E-state index in [9.17, 15) is 18.7 Å². The van der Waals surface area contributed by atoms with Gasteiger partial charge in [-0.3, -0.25) is 9.69 Å². The first kappa shape index (κ1) is 20.4. The number of rotatable bonds is 7. The Hall–Kier alpha value is -2.35. The number of halogens is 2. The molecule has 1 aliphatic rings. The van der Waals surface area contributed by atoms with Gasteiger partial charge in [-0.25, -0.2) is 8.78 Å². The number of benzene rings is 2. The second-order valence-corrected chi connectivity index (χ2v) is 6.83. The molecule has 3 rings (SSSR count). The van der Waals surface area contributed by atoms with Gasteiger partial charge in [0.05, 0.1) is 24.9 Å². The molecule has 1 fully saturated rings. The van der Waals surface area contributed by atoms with Crippen molar-refractivity contribution < 1.29 is 23.4 Å². The fourth-order valence-electron chi connectivity index (χ4n) is 3.21. The highest BCUT2D eigenvalue weighted by Gasteiger charge is 2.24. The second kappa shape index (κ2) is 9.73. The number of hydrogen-bond donors (Lipinski definition) is 1. The predicted octanol–water partition coefficient (Wildman–Crippen LogP) is 2.30. The van der Waals surface area contributed by atoms with Crippen LogP contribution in [0.5, 0.6) is 0 Å². The van der Waals surface area contributed by atoms with Crippen molar-refractivity contribution in [3.8, 4) is 0 Å². The van der Waals surface area contributed by atoms with E-state index < -0.39 is 11.9 Å². The molecule has 1 N–H and O–H groups in total. The monoisotopic (exact) mass is 390 g/mol. The number of aliphatic hydroxyl groups excluding tert-OH is 1. The van der Waals surface area contributed by atoms with Gasteiger partial charge < -0.3 is 14.7 Å². The molecule has 28 heavy (non-hydrogen) atoms. The lowest BCUT2D eigenvalue weighted by Gasteiger charge is -2.35. The summed E-state index contributed by atoms with van der Waals surface area (Å²) < 4.78 is 32.7. The first-order chi connectivity index (χ1) is 13.5. The zero-order valence-electron chi connectivity index (χ0n) is 15.6. The van der Waals surface area contributed by atoms with E-state index in [1.54, 1.807) is 35.2 Å². The van der Waals surface area contributed by atoms with Gasteiger partial charge in [0.15, 0.2) is 0 Å². The number of amides is 1. The van der Waals surface area contributed by atoms with Crippen molar-refractivity contribution in [2.24, 2.45) is 0 Å². The number of hydrogen-bond acceptors (Lipinski definition) is 4. The van der Waals surface area contributed by atoms with Crippen molar-refractivity contribution >= 4 is 5.91 Å². The van der Waals surface area contributed by atoms with Crippen LogP contribution < -0.4 is 0 Å². The van der Waals surface area contributed by atoms with E-state index >= 15 is 0 Å². The van der Waals surface area contributed by atoms with Crippen molar-refractivity contribution in [1.82, 2.24) is 9.80 Å². The van der Waals surface area contributed by atoms with E-state index in [-0.39, 0.29) is 30.5 Å². The summed E-state index contributed by atoms with van der Waals surface area (Å²) in [5.74, 6) is -1.16. The maximum absolute atomic E-state index is 13.8. The van der Waals surface area contributed by atoms with Crippen LogP contribution in [0.2, 0.25) is 0 Å². The van der Waals surface area contributed by atoms with Crippen LogP contribution in [0.3, 0.4) is 0 Å². The Morgan fingerprint density at radius 1 is 1.00 bits per heavy atom. The highest BCUT2D eigenvalue weighted by molar-refractivity contribution is 5.94. The molecule has 0 spiro atoms. The summed E-state index contributed by atoms with van der Waals surface area (Å²) in [6, 6.07) is 12.3. The van der Waals surface area contributed by atoms with Gasteiger partial charge >= 0.3 is 0 Å². The van der Waals surface area contributed by atoms with Crippen LogP contribution in [0, 0.1) is 11.6 Å². The standard InChI is InChI=1S/C21H24F2N2O3/c22-19-7-3-1-5-16(19)14-28-15-17(26)13-24-9-11-25(12-10-24)21(27)18-6-2-4-8-20(18)23/h1-8,17,26H,9-15H2. The molecular formula is C21H24F2N2O3. The Kier molecular flexibility index (Phi) is 7.08. The number of aliphatic hydroxyl groups is 1. The molecule has 1 atom stereocenters. The lowest BCUT2D eigenvalue weighted by atomic mass is 10.1. The molecule has 0 bridgehead atoms. The summed E-state index contributed by atoms with van der Waals surface area (Å²) in [7, 11) is 0. The van der Waals surface area contributed by atoms with Crippen LogP contribution in [-0.2, 0) is 11.3 Å².